The maximum Gasteiger partial charge on any atom is 0.223 e. The predicted octanol–water partition coefficient (Wildman–Crippen LogP) is 2.72. The van der Waals surface area contributed by atoms with Gasteiger partial charge in [-0.15, -0.1) is 0 Å². The van der Waals surface area contributed by atoms with E-state index in [1.54, 1.807) is 0 Å². The van der Waals surface area contributed by atoms with Crippen LogP contribution in [0.5, 0.6) is 0 Å². The van der Waals surface area contributed by atoms with Crippen LogP contribution in [-0.4, -0.2) is 35.1 Å². The number of nitrogens with zero attached hydrogens (tertiary/aromatic N) is 1. The zero-order valence-electron chi connectivity index (χ0n) is 11.4. The first-order valence-electron chi connectivity index (χ1n) is 7.71. The molecule has 0 spiro atoms. The third-order valence-corrected chi connectivity index (χ3v) is 4.58. The predicted molar refractivity (Wildman–Crippen MR) is 72.2 cm³/mol. The largest absolute Gasteiger partial charge is 0.396 e. The first-order chi connectivity index (χ1) is 8.81. The lowest BCUT2D eigenvalue weighted by Gasteiger charge is -2.28. The molecule has 3 heteroatoms. The number of amides is 1. The van der Waals surface area contributed by atoms with Crippen molar-refractivity contribution in [1.82, 2.24) is 4.90 Å². The van der Waals surface area contributed by atoms with Crippen molar-refractivity contribution >= 4 is 5.91 Å². The van der Waals surface area contributed by atoms with E-state index in [0.717, 1.165) is 38.6 Å². The van der Waals surface area contributed by atoms with Crippen molar-refractivity contribution in [3.8, 4) is 0 Å². The van der Waals surface area contributed by atoms with Gasteiger partial charge in [-0.05, 0) is 44.4 Å². The molecule has 2 aliphatic rings. The van der Waals surface area contributed by atoms with Crippen LogP contribution < -0.4 is 0 Å². The lowest BCUT2D eigenvalue weighted by Crippen LogP contribution is -2.36. The Morgan fingerprint density at radius 2 is 1.89 bits per heavy atom. The molecule has 3 nitrogen and oxygen atoms in total. The number of hydrogen-bond acceptors (Lipinski definition) is 2. The molecule has 1 atom stereocenters. The lowest BCUT2D eigenvalue weighted by atomic mass is 9.86. The highest BCUT2D eigenvalue weighted by Crippen LogP contribution is 2.29. The van der Waals surface area contributed by atoms with Crippen molar-refractivity contribution in [1.29, 1.82) is 0 Å². The Hall–Kier alpha value is -0.570. The zero-order valence-corrected chi connectivity index (χ0v) is 11.4. The number of rotatable bonds is 5. The normalized spacial score (nSPS) is 25.6. The van der Waals surface area contributed by atoms with E-state index in [-0.39, 0.29) is 6.61 Å². The lowest BCUT2D eigenvalue weighted by molar-refractivity contribution is -0.133. The molecule has 1 saturated heterocycles. The van der Waals surface area contributed by atoms with E-state index in [4.69, 9.17) is 5.11 Å². The van der Waals surface area contributed by atoms with Gasteiger partial charge in [-0.1, -0.05) is 19.3 Å². The van der Waals surface area contributed by atoms with Crippen LogP contribution >= 0.6 is 0 Å². The van der Waals surface area contributed by atoms with E-state index < -0.39 is 0 Å². The van der Waals surface area contributed by atoms with Gasteiger partial charge in [0.05, 0.1) is 0 Å². The molecule has 2 fully saturated rings. The second kappa shape index (κ2) is 7.13. The van der Waals surface area contributed by atoms with Gasteiger partial charge in [-0.25, -0.2) is 0 Å². The fourth-order valence-corrected chi connectivity index (χ4v) is 3.55. The molecule has 1 unspecified atom stereocenters. The third-order valence-electron chi connectivity index (χ3n) is 4.58. The van der Waals surface area contributed by atoms with Crippen molar-refractivity contribution < 1.29 is 9.90 Å². The Labute approximate surface area is 111 Å². The van der Waals surface area contributed by atoms with Crippen LogP contribution in [0.25, 0.3) is 0 Å². The Bertz CT molecular complexity index is 261. The van der Waals surface area contributed by atoms with Crippen LogP contribution in [0.2, 0.25) is 0 Å². The van der Waals surface area contributed by atoms with Crippen molar-refractivity contribution in [3.63, 3.8) is 0 Å². The van der Waals surface area contributed by atoms with E-state index in [2.05, 4.69) is 4.90 Å². The summed E-state index contributed by atoms with van der Waals surface area (Å²) in [4.78, 5) is 14.5. The van der Waals surface area contributed by atoms with Crippen LogP contribution in [-0.2, 0) is 4.79 Å². The van der Waals surface area contributed by atoms with Gasteiger partial charge in [-0.3, -0.25) is 4.79 Å². The molecule has 1 saturated carbocycles. The van der Waals surface area contributed by atoms with Crippen molar-refractivity contribution in [2.75, 3.05) is 13.2 Å². The zero-order chi connectivity index (χ0) is 12.8. The average Bonchev–Trinajstić information content (AvgIpc) is 2.86. The van der Waals surface area contributed by atoms with Crippen LogP contribution in [0, 0.1) is 5.92 Å². The Morgan fingerprint density at radius 3 is 2.61 bits per heavy atom. The monoisotopic (exact) mass is 253 g/mol. The average molecular weight is 253 g/mol. The molecule has 0 bridgehead atoms. The summed E-state index contributed by atoms with van der Waals surface area (Å²) >= 11 is 0. The Kier molecular flexibility index (Phi) is 5.48. The molecule has 1 aliphatic heterocycles. The number of carbonyl (C=O) groups excluding carboxylic acids is 1. The third kappa shape index (κ3) is 3.71. The molecule has 2 rings (SSSR count). The number of aliphatic hydroxyl groups excluding tert-OH is 1. The molecular formula is C15H27NO2. The standard InChI is InChI=1S/C15H27NO2/c17-11-5-9-14-8-4-10-16(14)15(18)12-13-6-2-1-3-7-13/h13-14,17H,1-12H2. The quantitative estimate of drug-likeness (QED) is 0.818. The maximum absolute atomic E-state index is 12.4. The highest BCUT2D eigenvalue weighted by molar-refractivity contribution is 5.77. The Morgan fingerprint density at radius 1 is 1.11 bits per heavy atom. The minimum absolute atomic E-state index is 0.251. The van der Waals surface area contributed by atoms with Gasteiger partial charge in [0.1, 0.15) is 0 Å². The number of hydrogen-bond donors (Lipinski definition) is 1. The molecule has 0 radical (unpaired) electrons. The van der Waals surface area contributed by atoms with Gasteiger partial charge in [0, 0.05) is 25.6 Å². The van der Waals surface area contributed by atoms with Crippen LogP contribution in [0.1, 0.15) is 64.2 Å². The van der Waals surface area contributed by atoms with Crippen LogP contribution in [0.15, 0.2) is 0 Å². The number of carbonyl (C=O) groups is 1. The molecule has 104 valence electrons. The molecule has 1 N–H and O–H groups in total. The summed E-state index contributed by atoms with van der Waals surface area (Å²) in [6.07, 6.45) is 11.3. The second-order valence-electron chi connectivity index (χ2n) is 5.96. The van der Waals surface area contributed by atoms with Crippen LogP contribution in [0.4, 0.5) is 0 Å². The summed E-state index contributed by atoms with van der Waals surface area (Å²) in [5, 5.41) is 8.91. The molecule has 0 aromatic carbocycles. The highest BCUT2D eigenvalue weighted by Gasteiger charge is 2.29. The first-order valence-corrected chi connectivity index (χ1v) is 7.71. The van der Waals surface area contributed by atoms with Crippen molar-refractivity contribution in [2.45, 2.75) is 70.3 Å². The molecular weight excluding hydrogens is 226 g/mol. The maximum atomic E-state index is 12.4. The fourth-order valence-electron chi connectivity index (χ4n) is 3.55. The van der Waals surface area contributed by atoms with E-state index in [1.807, 2.05) is 0 Å². The molecule has 0 aromatic rings. The minimum Gasteiger partial charge on any atom is -0.396 e. The minimum atomic E-state index is 0.251. The van der Waals surface area contributed by atoms with Gasteiger partial charge in [0.15, 0.2) is 0 Å². The first kappa shape index (κ1) is 13.9. The highest BCUT2D eigenvalue weighted by atomic mass is 16.3. The van der Waals surface area contributed by atoms with Crippen molar-refractivity contribution in [2.24, 2.45) is 5.92 Å². The molecule has 1 heterocycles. The van der Waals surface area contributed by atoms with Gasteiger partial charge < -0.3 is 10.0 Å². The van der Waals surface area contributed by atoms with Gasteiger partial charge in [0.2, 0.25) is 5.91 Å². The summed E-state index contributed by atoms with van der Waals surface area (Å²) in [5.74, 6) is 1.02. The molecule has 18 heavy (non-hydrogen) atoms. The number of likely N-dealkylation sites (tertiary alicyclic amines) is 1. The second-order valence-corrected chi connectivity index (χ2v) is 5.96. The Balaban J connectivity index is 1.79. The molecule has 1 aliphatic carbocycles. The van der Waals surface area contributed by atoms with E-state index in [9.17, 15) is 4.79 Å². The topological polar surface area (TPSA) is 40.5 Å². The number of aliphatic hydroxyl groups is 1. The van der Waals surface area contributed by atoms with Gasteiger partial charge in [0.25, 0.3) is 0 Å². The summed E-state index contributed by atoms with van der Waals surface area (Å²) in [6.45, 7) is 1.20. The molecule has 0 aromatic heterocycles. The summed E-state index contributed by atoms with van der Waals surface area (Å²) in [7, 11) is 0. The summed E-state index contributed by atoms with van der Waals surface area (Å²) < 4.78 is 0. The van der Waals surface area contributed by atoms with Crippen molar-refractivity contribution in [3.05, 3.63) is 0 Å². The summed E-state index contributed by atoms with van der Waals surface area (Å²) in [6, 6.07) is 0.410. The van der Waals surface area contributed by atoms with Crippen LogP contribution in [0.3, 0.4) is 0 Å². The van der Waals surface area contributed by atoms with E-state index in [1.165, 1.54) is 32.1 Å². The smallest absolute Gasteiger partial charge is 0.223 e. The van der Waals surface area contributed by atoms with Gasteiger partial charge in [-0.2, -0.15) is 0 Å². The fraction of sp³-hybridized carbons (Fsp3) is 0.933. The molecule has 1 amide bonds. The summed E-state index contributed by atoms with van der Waals surface area (Å²) in [5.41, 5.74) is 0. The van der Waals surface area contributed by atoms with E-state index in [0.29, 0.717) is 17.9 Å². The van der Waals surface area contributed by atoms with E-state index >= 15 is 0 Å². The SMILES string of the molecule is O=C(CC1CCCCC1)N1CCCC1CCCO. The van der Waals surface area contributed by atoms with Gasteiger partial charge >= 0.3 is 0 Å².